The molecule has 1 aromatic carbocycles. The summed E-state index contributed by atoms with van der Waals surface area (Å²) in [6.07, 6.45) is 2.82. The third-order valence-electron chi connectivity index (χ3n) is 5.33. The zero-order chi connectivity index (χ0) is 18.9. The van der Waals surface area contributed by atoms with Gasteiger partial charge >= 0.3 is 0 Å². The number of hydrogen-bond acceptors (Lipinski definition) is 4. The smallest absolute Gasteiger partial charge is 0.253 e. The summed E-state index contributed by atoms with van der Waals surface area (Å²) in [5.41, 5.74) is 1.15. The van der Waals surface area contributed by atoms with E-state index in [2.05, 4.69) is 9.88 Å². The fourth-order valence-corrected chi connectivity index (χ4v) is 3.72. The number of ether oxygens (including phenoxy) is 1. The molecule has 7 heteroatoms. The first-order valence-corrected chi connectivity index (χ1v) is 9.06. The lowest BCUT2D eigenvalue weighted by atomic mass is 9.89. The molecule has 27 heavy (non-hydrogen) atoms. The Bertz CT molecular complexity index is 803. The zero-order valence-electron chi connectivity index (χ0n) is 14.9. The molecule has 1 amide bonds. The summed E-state index contributed by atoms with van der Waals surface area (Å²) in [4.78, 5) is 20.4. The minimum atomic E-state index is -0.380. The van der Waals surface area contributed by atoms with Crippen molar-refractivity contribution in [2.45, 2.75) is 25.0 Å². The van der Waals surface area contributed by atoms with Crippen LogP contribution in [0.25, 0.3) is 0 Å². The van der Waals surface area contributed by atoms with E-state index in [1.165, 1.54) is 24.4 Å². The molecule has 0 radical (unpaired) electrons. The van der Waals surface area contributed by atoms with Crippen molar-refractivity contribution < 1.29 is 18.3 Å². The molecule has 0 N–H and O–H groups in total. The van der Waals surface area contributed by atoms with Crippen LogP contribution in [0.4, 0.5) is 14.5 Å². The quantitative estimate of drug-likeness (QED) is 0.830. The van der Waals surface area contributed by atoms with Crippen LogP contribution in [0.1, 0.15) is 18.5 Å². The van der Waals surface area contributed by atoms with Gasteiger partial charge in [-0.3, -0.25) is 14.7 Å². The first-order valence-electron chi connectivity index (χ1n) is 9.06. The molecule has 3 heterocycles. The lowest BCUT2D eigenvalue weighted by molar-refractivity contribution is -0.145. The van der Waals surface area contributed by atoms with E-state index in [9.17, 15) is 13.6 Å². The Morgan fingerprint density at radius 1 is 1.04 bits per heavy atom. The van der Waals surface area contributed by atoms with Gasteiger partial charge in [0.25, 0.3) is 5.91 Å². The van der Waals surface area contributed by atoms with E-state index in [-0.39, 0.29) is 29.7 Å². The molecule has 0 saturated carbocycles. The van der Waals surface area contributed by atoms with Gasteiger partial charge in [-0.15, -0.1) is 0 Å². The number of aromatic nitrogens is 1. The predicted octanol–water partition coefficient (Wildman–Crippen LogP) is 2.76. The Hall–Kier alpha value is -2.38. The van der Waals surface area contributed by atoms with Crippen molar-refractivity contribution in [2.75, 3.05) is 31.1 Å². The highest BCUT2D eigenvalue weighted by Crippen LogP contribution is 2.33. The average Bonchev–Trinajstić information content (AvgIpc) is 2.68. The second kappa shape index (κ2) is 7.32. The summed E-state index contributed by atoms with van der Waals surface area (Å²) < 4.78 is 32.1. The van der Waals surface area contributed by atoms with Crippen molar-refractivity contribution in [1.82, 2.24) is 9.88 Å². The highest BCUT2D eigenvalue weighted by atomic mass is 19.1. The van der Waals surface area contributed by atoms with Crippen molar-refractivity contribution in [3.8, 4) is 0 Å². The number of likely N-dealkylation sites (tertiary alicyclic amines) is 1. The largest absolute Gasteiger partial charge is 0.363 e. The fourth-order valence-electron chi connectivity index (χ4n) is 3.72. The molecule has 2 aliphatic heterocycles. The molecule has 0 aliphatic carbocycles. The number of amides is 1. The second-order valence-corrected chi connectivity index (χ2v) is 7.17. The van der Waals surface area contributed by atoms with Gasteiger partial charge in [0, 0.05) is 25.3 Å². The number of anilines is 1. The molecule has 0 atom stereocenters. The van der Waals surface area contributed by atoms with Gasteiger partial charge in [-0.05, 0) is 49.2 Å². The number of hydrogen-bond donors (Lipinski definition) is 0. The van der Waals surface area contributed by atoms with Crippen LogP contribution >= 0.6 is 0 Å². The maximum absolute atomic E-state index is 13.2. The molecular formula is C20H21F2N3O2. The first-order chi connectivity index (χ1) is 13.0. The van der Waals surface area contributed by atoms with Gasteiger partial charge in [-0.1, -0.05) is 0 Å². The Morgan fingerprint density at radius 3 is 2.41 bits per heavy atom. The Kier molecular flexibility index (Phi) is 4.88. The number of rotatable bonds is 3. The lowest BCUT2D eigenvalue weighted by Gasteiger charge is -2.47. The van der Waals surface area contributed by atoms with Crippen LogP contribution in [0.3, 0.4) is 0 Å². The number of benzene rings is 1. The Labute approximate surface area is 156 Å². The molecule has 0 bridgehead atoms. The third kappa shape index (κ3) is 3.99. The monoisotopic (exact) mass is 373 g/mol. The second-order valence-electron chi connectivity index (χ2n) is 7.17. The minimum absolute atomic E-state index is 0.0386. The summed E-state index contributed by atoms with van der Waals surface area (Å²) >= 11 is 0. The van der Waals surface area contributed by atoms with Crippen LogP contribution in [0, 0.1) is 11.6 Å². The topological polar surface area (TPSA) is 45.7 Å². The molecule has 2 saturated heterocycles. The van der Waals surface area contributed by atoms with Crippen LogP contribution in [0.2, 0.25) is 0 Å². The van der Waals surface area contributed by atoms with E-state index in [0.29, 0.717) is 18.8 Å². The van der Waals surface area contributed by atoms with Crippen molar-refractivity contribution in [3.63, 3.8) is 0 Å². The van der Waals surface area contributed by atoms with Crippen molar-refractivity contribution >= 4 is 11.6 Å². The van der Waals surface area contributed by atoms with E-state index >= 15 is 0 Å². The maximum atomic E-state index is 13.2. The summed E-state index contributed by atoms with van der Waals surface area (Å²) in [6.45, 7) is 2.79. The van der Waals surface area contributed by atoms with E-state index in [0.717, 1.165) is 31.6 Å². The molecule has 5 nitrogen and oxygen atoms in total. The number of carbonyl (C=O) groups excluding carboxylic acids is 1. The molecule has 142 valence electrons. The van der Waals surface area contributed by atoms with E-state index in [4.69, 9.17) is 4.74 Å². The first kappa shape index (κ1) is 18.0. The number of piperidine rings is 1. The van der Waals surface area contributed by atoms with Crippen LogP contribution in [0.5, 0.6) is 0 Å². The van der Waals surface area contributed by atoms with Crippen molar-refractivity contribution in [2.24, 2.45) is 0 Å². The third-order valence-corrected chi connectivity index (χ3v) is 5.33. The molecule has 2 aromatic rings. The summed E-state index contributed by atoms with van der Waals surface area (Å²) in [6, 6.07) is 9.10. The molecule has 2 fully saturated rings. The molecule has 4 rings (SSSR count). The molecular weight excluding hydrogens is 352 g/mol. The van der Waals surface area contributed by atoms with Crippen molar-refractivity contribution in [1.29, 1.82) is 0 Å². The number of halogens is 2. The van der Waals surface area contributed by atoms with E-state index < -0.39 is 0 Å². The lowest BCUT2D eigenvalue weighted by Crippen LogP contribution is -2.58. The summed E-state index contributed by atoms with van der Waals surface area (Å²) in [7, 11) is 0. The van der Waals surface area contributed by atoms with Crippen LogP contribution < -0.4 is 4.90 Å². The van der Waals surface area contributed by atoms with Gasteiger partial charge in [0.1, 0.15) is 18.2 Å². The van der Waals surface area contributed by atoms with E-state index in [1.54, 1.807) is 23.1 Å². The van der Waals surface area contributed by atoms with Gasteiger partial charge in [0.2, 0.25) is 0 Å². The number of carbonyl (C=O) groups is 1. The molecule has 0 unspecified atom stereocenters. The van der Waals surface area contributed by atoms with E-state index in [1.807, 2.05) is 0 Å². The van der Waals surface area contributed by atoms with Crippen LogP contribution in [-0.2, 0) is 16.1 Å². The number of morpholine rings is 1. The Balaban J connectivity index is 1.40. The SMILES string of the molecule is O=C1COC2(CCN(Cc3ccc(F)cn3)CC2)CN1c1ccc(F)cc1. The fraction of sp³-hybridized carbons (Fsp3) is 0.400. The molecule has 1 spiro atoms. The van der Waals surface area contributed by atoms with Crippen LogP contribution in [0.15, 0.2) is 42.6 Å². The minimum Gasteiger partial charge on any atom is -0.363 e. The summed E-state index contributed by atoms with van der Waals surface area (Å²) in [5, 5.41) is 0. The predicted molar refractivity (Wildman–Crippen MR) is 96.1 cm³/mol. The average molecular weight is 373 g/mol. The Morgan fingerprint density at radius 2 is 1.74 bits per heavy atom. The molecule has 2 aliphatic rings. The van der Waals surface area contributed by atoms with Gasteiger partial charge in [0.05, 0.1) is 24.0 Å². The van der Waals surface area contributed by atoms with Gasteiger partial charge in [-0.2, -0.15) is 0 Å². The maximum Gasteiger partial charge on any atom is 0.253 e. The number of pyridine rings is 1. The highest BCUT2D eigenvalue weighted by Gasteiger charge is 2.42. The normalized spacial score (nSPS) is 20.2. The van der Waals surface area contributed by atoms with Gasteiger partial charge in [-0.25, -0.2) is 8.78 Å². The van der Waals surface area contributed by atoms with Gasteiger partial charge in [0.15, 0.2) is 0 Å². The van der Waals surface area contributed by atoms with Crippen LogP contribution in [-0.4, -0.2) is 47.6 Å². The standard InChI is InChI=1S/C20H21F2N3O2/c21-15-2-5-18(6-3-15)25-14-20(27-13-19(25)26)7-9-24(10-8-20)12-17-4-1-16(22)11-23-17/h1-6,11H,7-10,12-14H2. The summed E-state index contributed by atoms with van der Waals surface area (Å²) in [5.74, 6) is -0.764. The highest BCUT2D eigenvalue weighted by molar-refractivity contribution is 5.95. The van der Waals surface area contributed by atoms with Crippen molar-refractivity contribution in [3.05, 3.63) is 59.9 Å². The number of nitrogens with zero attached hydrogens (tertiary/aromatic N) is 3. The molecule has 1 aromatic heterocycles. The van der Waals surface area contributed by atoms with Gasteiger partial charge < -0.3 is 9.64 Å². The zero-order valence-corrected chi connectivity index (χ0v) is 14.9.